The van der Waals surface area contributed by atoms with Crippen molar-refractivity contribution in [3.63, 3.8) is 0 Å². The highest BCUT2D eigenvalue weighted by Crippen LogP contribution is 2.15. The predicted octanol–water partition coefficient (Wildman–Crippen LogP) is 3.07. The third kappa shape index (κ3) is 6.24. The van der Waals surface area contributed by atoms with Crippen LogP contribution >= 0.6 is 0 Å². The highest BCUT2D eigenvalue weighted by molar-refractivity contribution is 5.79. The number of benzene rings is 2. The first-order valence-corrected chi connectivity index (χ1v) is 10.2. The molecule has 3 rings (SSSR count). The zero-order valence-corrected chi connectivity index (χ0v) is 17.3. The number of carbonyl (C=O) groups is 1. The Bertz CT molecular complexity index is 833. The van der Waals surface area contributed by atoms with Crippen LogP contribution in [0, 0.1) is 0 Å². The van der Waals surface area contributed by atoms with Crippen molar-refractivity contribution in [2.24, 2.45) is 4.99 Å². The SMILES string of the molecule is CCNC(=NCc1cccc(OC)c1)NCc1ccc(CN2CCCC2=O)cc1. The van der Waals surface area contributed by atoms with E-state index in [9.17, 15) is 4.79 Å². The van der Waals surface area contributed by atoms with E-state index in [0.29, 0.717) is 26.1 Å². The number of likely N-dealkylation sites (tertiary alicyclic amines) is 1. The lowest BCUT2D eigenvalue weighted by molar-refractivity contribution is -0.128. The molecule has 1 amide bonds. The molecule has 1 aliphatic heterocycles. The fraction of sp³-hybridized carbons (Fsp3) is 0.391. The minimum atomic E-state index is 0.262. The predicted molar refractivity (Wildman–Crippen MR) is 116 cm³/mol. The molecule has 1 heterocycles. The molecule has 2 aromatic rings. The van der Waals surface area contributed by atoms with Crippen molar-refractivity contribution in [3.05, 3.63) is 65.2 Å². The molecule has 29 heavy (non-hydrogen) atoms. The lowest BCUT2D eigenvalue weighted by atomic mass is 10.1. The summed E-state index contributed by atoms with van der Waals surface area (Å²) in [5.41, 5.74) is 3.44. The van der Waals surface area contributed by atoms with Gasteiger partial charge in [-0.25, -0.2) is 4.99 Å². The van der Waals surface area contributed by atoms with Gasteiger partial charge in [-0.1, -0.05) is 36.4 Å². The Hall–Kier alpha value is -3.02. The van der Waals surface area contributed by atoms with Gasteiger partial charge in [0, 0.05) is 32.6 Å². The Morgan fingerprint density at radius 3 is 2.59 bits per heavy atom. The third-order valence-corrected chi connectivity index (χ3v) is 4.93. The molecule has 1 saturated heterocycles. The molecule has 6 heteroatoms. The van der Waals surface area contributed by atoms with Crippen molar-refractivity contribution in [1.29, 1.82) is 0 Å². The third-order valence-electron chi connectivity index (χ3n) is 4.93. The number of rotatable bonds is 8. The molecule has 2 N–H and O–H groups in total. The summed E-state index contributed by atoms with van der Waals surface area (Å²) < 4.78 is 5.27. The average Bonchev–Trinajstić information content (AvgIpc) is 3.15. The van der Waals surface area contributed by atoms with Gasteiger partial charge >= 0.3 is 0 Å². The van der Waals surface area contributed by atoms with Gasteiger partial charge in [-0.05, 0) is 42.2 Å². The molecule has 0 aromatic heterocycles. The van der Waals surface area contributed by atoms with E-state index in [1.54, 1.807) is 7.11 Å². The lowest BCUT2D eigenvalue weighted by Gasteiger charge is -2.16. The second kappa shape index (κ2) is 10.5. The molecule has 0 saturated carbocycles. The smallest absolute Gasteiger partial charge is 0.222 e. The topological polar surface area (TPSA) is 66.0 Å². The second-order valence-corrected chi connectivity index (χ2v) is 7.14. The highest BCUT2D eigenvalue weighted by atomic mass is 16.5. The average molecular weight is 395 g/mol. The Morgan fingerprint density at radius 1 is 1.10 bits per heavy atom. The Labute approximate surface area is 173 Å². The quantitative estimate of drug-likeness (QED) is 0.533. The van der Waals surface area contributed by atoms with Crippen LogP contribution in [0.1, 0.15) is 36.5 Å². The van der Waals surface area contributed by atoms with Gasteiger partial charge < -0.3 is 20.3 Å². The van der Waals surface area contributed by atoms with Crippen LogP contribution in [0.25, 0.3) is 0 Å². The van der Waals surface area contributed by atoms with E-state index in [1.807, 2.05) is 29.2 Å². The summed E-state index contributed by atoms with van der Waals surface area (Å²) in [6, 6.07) is 16.4. The molecule has 0 atom stereocenters. The molecule has 0 radical (unpaired) electrons. The molecule has 2 aromatic carbocycles. The summed E-state index contributed by atoms with van der Waals surface area (Å²) in [6.07, 6.45) is 1.66. The van der Waals surface area contributed by atoms with Crippen LogP contribution in [0.4, 0.5) is 0 Å². The van der Waals surface area contributed by atoms with E-state index in [4.69, 9.17) is 4.74 Å². The van der Waals surface area contributed by atoms with E-state index in [2.05, 4.69) is 46.8 Å². The molecule has 0 spiro atoms. The van der Waals surface area contributed by atoms with Crippen LogP contribution in [-0.2, 0) is 24.4 Å². The van der Waals surface area contributed by atoms with Crippen molar-refractivity contribution >= 4 is 11.9 Å². The van der Waals surface area contributed by atoms with Crippen LogP contribution in [0.2, 0.25) is 0 Å². The number of hydrogen-bond acceptors (Lipinski definition) is 3. The van der Waals surface area contributed by atoms with Crippen molar-refractivity contribution < 1.29 is 9.53 Å². The second-order valence-electron chi connectivity index (χ2n) is 7.14. The monoisotopic (exact) mass is 394 g/mol. The Balaban J connectivity index is 1.54. The summed E-state index contributed by atoms with van der Waals surface area (Å²) >= 11 is 0. The van der Waals surface area contributed by atoms with Crippen molar-refractivity contribution in [2.45, 2.75) is 39.4 Å². The number of nitrogens with zero attached hydrogens (tertiary/aromatic N) is 2. The van der Waals surface area contributed by atoms with E-state index in [1.165, 1.54) is 11.1 Å². The maximum Gasteiger partial charge on any atom is 0.222 e. The van der Waals surface area contributed by atoms with Crippen molar-refractivity contribution in [1.82, 2.24) is 15.5 Å². The molecular formula is C23H30N4O2. The number of methoxy groups -OCH3 is 1. The number of ether oxygens (including phenoxy) is 1. The number of guanidine groups is 1. The summed E-state index contributed by atoms with van der Waals surface area (Å²) in [7, 11) is 1.67. The van der Waals surface area contributed by atoms with E-state index >= 15 is 0 Å². The zero-order valence-electron chi connectivity index (χ0n) is 17.3. The van der Waals surface area contributed by atoms with Gasteiger partial charge in [-0.3, -0.25) is 4.79 Å². The van der Waals surface area contributed by atoms with Crippen LogP contribution in [0.5, 0.6) is 5.75 Å². The van der Waals surface area contributed by atoms with Gasteiger partial charge in [0.2, 0.25) is 5.91 Å². The van der Waals surface area contributed by atoms with Gasteiger partial charge in [0.15, 0.2) is 5.96 Å². The van der Waals surface area contributed by atoms with Crippen LogP contribution < -0.4 is 15.4 Å². The maximum atomic E-state index is 11.8. The normalized spacial score (nSPS) is 14.2. The summed E-state index contributed by atoms with van der Waals surface area (Å²) in [6.45, 7) is 5.70. The van der Waals surface area contributed by atoms with Gasteiger partial charge in [0.25, 0.3) is 0 Å². The van der Waals surface area contributed by atoms with E-state index < -0.39 is 0 Å². The Kier molecular flexibility index (Phi) is 7.50. The van der Waals surface area contributed by atoms with Gasteiger partial charge in [0.1, 0.15) is 5.75 Å². The number of nitrogens with one attached hydrogen (secondary N) is 2. The van der Waals surface area contributed by atoms with Crippen LogP contribution in [-0.4, -0.2) is 37.0 Å². The standard InChI is InChI=1S/C23H30N4O2/c1-3-24-23(26-16-20-6-4-7-21(14-20)29-2)25-15-18-9-11-19(12-10-18)17-27-13-5-8-22(27)28/h4,6-7,9-12,14H,3,5,8,13,15-17H2,1-2H3,(H2,24,25,26). The fourth-order valence-corrected chi connectivity index (χ4v) is 3.32. The summed E-state index contributed by atoms with van der Waals surface area (Å²) in [4.78, 5) is 18.4. The number of carbonyl (C=O) groups excluding carboxylic acids is 1. The molecule has 1 aliphatic rings. The Morgan fingerprint density at radius 2 is 1.90 bits per heavy atom. The van der Waals surface area contributed by atoms with Crippen molar-refractivity contribution in [3.8, 4) is 5.75 Å². The summed E-state index contributed by atoms with van der Waals surface area (Å²) in [5.74, 6) is 1.88. The first-order valence-electron chi connectivity index (χ1n) is 10.2. The van der Waals surface area contributed by atoms with Crippen LogP contribution in [0.3, 0.4) is 0 Å². The molecule has 0 unspecified atom stereocenters. The zero-order chi connectivity index (χ0) is 20.5. The first kappa shape index (κ1) is 20.7. The van der Waals surface area contributed by atoms with E-state index in [0.717, 1.165) is 36.8 Å². The molecular weight excluding hydrogens is 364 g/mol. The minimum Gasteiger partial charge on any atom is -0.497 e. The van der Waals surface area contributed by atoms with E-state index in [-0.39, 0.29) is 5.91 Å². The van der Waals surface area contributed by atoms with Crippen molar-refractivity contribution in [2.75, 3.05) is 20.2 Å². The highest BCUT2D eigenvalue weighted by Gasteiger charge is 2.19. The number of amides is 1. The molecule has 0 bridgehead atoms. The fourth-order valence-electron chi connectivity index (χ4n) is 3.32. The lowest BCUT2D eigenvalue weighted by Crippen LogP contribution is -2.36. The summed E-state index contributed by atoms with van der Waals surface area (Å²) in [5, 5.41) is 6.66. The van der Waals surface area contributed by atoms with Gasteiger partial charge in [-0.15, -0.1) is 0 Å². The van der Waals surface area contributed by atoms with Gasteiger partial charge in [-0.2, -0.15) is 0 Å². The number of hydrogen-bond donors (Lipinski definition) is 2. The maximum absolute atomic E-state index is 11.8. The first-order chi connectivity index (χ1) is 14.2. The van der Waals surface area contributed by atoms with Crippen LogP contribution in [0.15, 0.2) is 53.5 Å². The molecule has 1 fully saturated rings. The van der Waals surface area contributed by atoms with Gasteiger partial charge in [0.05, 0.1) is 13.7 Å². The number of aliphatic imine (C=N–C) groups is 1. The largest absolute Gasteiger partial charge is 0.497 e. The minimum absolute atomic E-state index is 0.262. The molecule has 6 nitrogen and oxygen atoms in total. The molecule has 154 valence electrons. The molecule has 0 aliphatic carbocycles.